The van der Waals surface area contributed by atoms with Crippen LogP contribution in [-0.4, -0.2) is 10.7 Å². The molecule has 0 spiro atoms. The molecule has 2 heteroatoms. The molecule has 0 saturated heterocycles. The highest BCUT2D eigenvalue weighted by atomic mass is 14.8. The zero-order chi connectivity index (χ0) is 12.8. The maximum atomic E-state index is 4.92. The van der Waals surface area contributed by atoms with Crippen LogP contribution in [-0.2, 0) is 6.54 Å². The Kier molecular flexibility index (Phi) is 2.58. The van der Waals surface area contributed by atoms with Crippen LogP contribution in [0.3, 0.4) is 0 Å². The summed E-state index contributed by atoms with van der Waals surface area (Å²) in [5.74, 6) is 0.843. The van der Waals surface area contributed by atoms with Gasteiger partial charge in [0.05, 0.1) is 6.54 Å². The predicted molar refractivity (Wildman–Crippen MR) is 74.6 cm³/mol. The first-order chi connectivity index (χ1) is 8.54. The van der Waals surface area contributed by atoms with Crippen molar-refractivity contribution in [3.05, 3.63) is 30.1 Å². The van der Waals surface area contributed by atoms with E-state index < -0.39 is 0 Å². The third kappa shape index (κ3) is 1.54. The fraction of sp³-hybridized carbons (Fsp3) is 0.625. The molecule has 0 radical (unpaired) electrons. The summed E-state index contributed by atoms with van der Waals surface area (Å²) >= 11 is 0. The molecule has 0 N–H and O–H groups in total. The van der Waals surface area contributed by atoms with Gasteiger partial charge in [0, 0.05) is 23.5 Å². The Labute approximate surface area is 110 Å². The molecular formula is C16H22N2. The predicted octanol–water partition coefficient (Wildman–Crippen LogP) is 3.87. The Morgan fingerprint density at radius 1 is 1.39 bits per heavy atom. The van der Waals surface area contributed by atoms with E-state index >= 15 is 0 Å². The molecule has 1 heterocycles. The first-order valence-corrected chi connectivity index (χ1v) is 6.97. The van der Waals surface area contributed by atoms with E-state index in [1.54, 1.807) is 0 Å². The fourth-order valence-electron chi connectivity index (χ4n) is 3.85. The standard InChI is InChI=1S/C16H22N2/c1-15(2)13-6-7-16(15,3)14(9-13)18-11-12-5-4-8-17-10-12/h4-5,8,10,13H,6-7,9,11H2,1-3H3. The van der Waals surface area contributed by atoms with Crippen molar-refractivity contribution in [1.82, 2.24) is 4.98 Å². The minimum atomic E-state index is 0.333. The van der Waals surface area contributed by atoms with E-state index in [-0.39, 0.29) is 0 Å². The Bertz CT molecular complexity index is 475. The van der Waals surface area contributed by atoms with Gasteiger partial charge in [-0.05, 0) is 42.2 Å². The summed E-state index contributed by atoms with van der Waals surface area (Å²) in [7, 11) is 0. The van der Waals surface area contributed by atoms with Gasteiger partial charge in [-0.2, -0.15) is 0 Å². The van der Waals surface area contributed by atoms with Crippen molar-refractivity contribution >= 4 is 5.71 Å². The summed E-state index contributed by atoms with van der Waals surface area (Å²) in [4.78, 5) is 9.07. The minimum Gasteiger partial charge on any atom is -0.289 e. The molecule has 2 unspecified atom stereocenters. The number of hydrogen-bond donors (Lipinski definition) is 0. The lowest BCUT2D eigenvalue weighted by Gasteiger charge is -2.34. The first kappa shape index (κ1) is 11.9. The van der Waals surface area contributed by atoms with Crippen LogP contribution in [0.4, 0.5) is 0 Å². The second-order valence-corrected chi connectivity index (χ2v) is 6.62. The van der Waals surface area contributed by atoms with Crippen LogP contribution < -0.4 is 0 Å². The lowest BCUT2D eigenvalue weighted by molar-refractivity contribution is 0.194. The van der Waals surface area contributed by atoms with Crippen LogP contribution in [0, 0.1) is 16.7 Å². The second-order valence-electron chi connectivity index (χ2n) is 6.62. The lowest BCUT2D eigenvalue weighted by Crippen LogP contribution is -2.32. The number of hydrogen-bond acceptors (Lipinski definition) is 2. The molecule has 2 atom stereocenters. The Morgan fingerprint density at radius 3 is 2.78 bits per heavy atom. The van der Waals surface area contributed by atoms with Gasteiger partial charge < -0.3 is 0 Å². The van der Waals surface area contributed by atoms with Gasteiger partial charge >= 0.3 is 0 Å². The normalized spacial score (nSPS) is 35.3. The SMILES string of the molecule is CC12CCC(CC1=NCc1cccnc1)C2(C)C. The highest BCUT2D eigenvalue weighted by Crippen LogP contribution is 2.64. The molecular weight excluding hydrogens is 220 g/mol. The number of pyridine rings is 1. The molecule has 2 aliphatic rings. The van der Waals surface area contributed by atoms with Gasteiger partial charge in [-0.15, -0.1) is 0 Å². The van der Waals surface area contributed by atoms with Crippen LogP contribution >= 0.6 is 0 Å². The zero-order valence-electron chi connectivity index (χ0n) is 11.6. The number of rotatable bonds is 2. The van der Waals surface area contributed by atoms with Crippen molar-refractivity contribution in [2.24, 2.45) is 21.7 Å². The zero-order valence-corrected chi connectivity index (χ0v) is 11.6. The van der Waals surface area contributed by atoms with Crippen molar-refractivity contribution in [1.29, 1.82) is 0 Å². The quantitative estimate of drug-likeness (QED) is 0.773. The van der Waals surface area contributed by atoms with Crippen LogP contribution in [0.1, 0.15) is 45.6 Å². The maximum Gasteiger partial charge on any atom is 0.0654 e. The Hall–Kier alpha value is -1.18. The van der Waals surface area contributed by atoms with Crippen molar-refractivity contribution in [2.75, 3.05) is 0 Å². The van der Waals surface area contributed by atoms with Crippen molar-refractivity contribution in [3.8, 4) is 0 Å². The number of aromatic nitrogens is 1. The number of aliphatic imine (C=N–C) groups is 1. The van der Waals surface area contributed by atoms with Crippen LogP contribution in [0.25, 0.3) is 0 Å². The molecule has 3 rings (SSSR count). The third-order valence-corrected chi connectivity index (χ3v) is 5.69. The molecule has 2 nitrogen and oxygen atoms in total. The fourth-order valence-corrected chi connectivity index (χ4v) is 3.85. The summed E-state index contributed by atoms with van der Waals surface area (Å²) in [6.07, 6.45) is 7.65. The molecule has 1 aromatic heterocycles. The number of fused-ring (bicyclic) bond motifs is 2. The van der Waals surface area contributed by atoms with Gasteiger partial charge in [-0.1, -0.05) is 26.8 Å². The van der Waals surface area contributed by atoms with E-state index in [1.165, 1.54) is 30.5 Å². The number of nitrogens with zero attached hydrogens (tertiary/aromatic N) is 2. The molecule has 2 saturated carbocycles. The highest BCUT2D eigenvalue weighted by molar-refractivity contribution is 5.94. The average molecular weight is 242 g/mol. The van der Waals surface area contributed by atoms with E-state index in [9.17, 15) is 0 Å². The van der Waals surface area contributed by atoms with Gasteiger partial charge in [0.15, 0.2) is 0 Å². The molecule has 2 aliphatic carbocycles. The molecule has 0 aromatic carbocycles. The molecule has 96 valence electrons. The molecule has 1 aromatic rings. The summed E-state index contributed by atoms with van der Waals surface area (Å²) in [5, 5.41) is 0. The van der Waals surface area contributed by atoms with E-state index in [1.807, 2.05) is 18.5 Å². The highest BCUT2D eigenvalue weighted by Gasteiger charge is 2.59. The van der Waals surface area contributed by atoms with Crippen molar-refractivity contribution in [3.63, 3.8) is 0 Å². The van der Waals surface area contributed by atoms with E-state index in [2.05, 4.69) is 31.8 Å². The van der Waals surface area contributed by atoms with Gasteiger partial charge in [-0.3, -0.25) is 9.98 Å². The second kappa shape index (κ2) is 3.91. The van der Waals surface area contributed by atoms with Crippen LogP contribution in [0.5, 0.6) is 0 Å². The summed E-state index contributed by atoms with van der Waals surface area (Å²) in [5.41, 5.74) is 3.43. The monoisotopic (exact) mass is 242 g/mol. The van der Waals surface area contributed by atoms with Gasteiger partial charge in [0.25, 0.3) is 0 Å². The van der Waals surface area contributed by atoms with Gasteiger partial charge in [-0.25, -0.2) is 0 Å². The van der Waals surface area contributed by atoms with Crippen LogP contribution in [0.2, 0.25) is 0 Å². The van der Waals surface area contributed by atoms with E-state index in [0.29, 0.717) is 10.8 Å². The molecule has 2 bridgehead atoms. The van der Waals surface area contributed by atoms with E-state index in [4.69, 9.17) is 4.99 Å². The summed E-state index contributed by atoms with van der Waals surface area (Å²) < 4.78 is 0. The minimum absolute atomic E-state index is 0.333. The average Bonchev–Trinajstić information content (AvgIpc) is 2.70. The topological polar surface area (TPSA) is 25.2 Å². The molecule has 2 fully saturated rings. The molecule has 0 aliphatic heterocycles. The Balaban J connectivity index is 1.83. The molecule has 0 amide bonds. The van der Waals surface area contributed by atoms with Crippen molar-refractivity contribution in [2.45, 2.75) is 46.6 Å². The largest absolute Gasteiger partial charge is 0.289 e. The van der Waals surface area contributed by atoms with Crippen LogP contribution in [0.15, 0.2) is 29.5 Å². The van der Waals surface area contributed by atoms with Gasteiger partial charge in [0.1, 0.15) is 0 Å². The molecule has 18 heavy (non-hydrogen) atoms. The Morgan fingerprint density at radius 2 is 2.22 bits per heavy atom. The van der Waals surface area contributed by atoms with E-state index in [0.717, 1.165) is 12.5 Å². The van der Waals surface area contributed by atoms with Gasteiger partial charge in [0.2, 0.25) is 0 Å². The third-order valence-electron chi connectivity index (χ3n) is 5.69. The first-order valence-electron chi connectivity index (χ1n) is 6.97. The summed E-state index contributed by atoms with van der Waals surface area (Å²) in [6.45, 7) is 8.07. The van der Waals surface area contributed by atoms with Crippen molar-refractivity contribution < 1.29 is 0 Å². The smallest absolute Gasteiger partial charge is 0.0654 e. The lowest BCUT2D eigenvalue weighted by atomic mass is 9.70. The summed E-state index contributed by atoms with van der Waals surface area (Å²) in [6, 6.07) is 4.10. The maximum absolute atomic E-state index is 4.92.